The minimum Gasteiger partial charge on any atom is -0.286 e. The summed E-state index contributed by atoms with van der Waals surface area (Å²) >= 11 is 0. The summed E-state index contributed by atoms with van der Waals surface area (Å²) in [7, 11) is 0. The van der Waals surface area contributed by atoms with E-state index in [1.165, 1.54) is 0 Å². The average Bonchev–Trinajstić information content (AvgIpc) is 2.46. The van der Waals surface area contributed by atoms with Crippen LogP contribution in [-0.2, 0) is 6.42 Å². The van der Waals surface area contributed by atoms with Crippen LogP contribution in [0.15, 0.2) is 60.7 Å². The molecule has 2 aromatic rings. The van der Waals surface area contributed by atoms with Crippen molar-refractivity contribution in [2.45, 2.75) is 6.42 Å². The highest BCUT2D eigenvalue weighted by atomic mass is 16.5. The van der Waals surface area contributed by atoms with E-state index in [4.69, 9.17) is 0 Å². The van der Waals surface area contributed by atoms with Crippen LogP contribution in [0.3, 0.4) is 0 Å². The second kappa shape index (κ2) is 5.98. The van der Waals surface area contributed by atoms with Gasteiger partial charge in [0.15, 0.2) is 0 Å². The SMILES string of the molecule is O=C(c1ccccc1)N(O)CCc1ccccc1. The molecule has 18 heavy (non-hydrogen) atoms. The van der Waals surface area contributed by atoms with E-state index >= 15 is 0 Å². The highest BCUT2D eigenvalue weighted by molar-refractivity contribution is 5.93. The van der Waals surface area contributed by atoms with Gasteiger partial charge in [0.2, 0.25) is 0 Å². The van der Waals surface area contributed by atoms with Crippen molar-refractivity contribution in [1.29, 1.82) is 0 Å². The molecule has 0 spiro atoms. The molecule has 0 atom stereocenters. The number of carbonyl (C=O) groups is 1. The summed E-state index contributed by atoms with van der Waals surface area (Å²) in [4.78, 5) is 11.8. The first-order valence-corrected chi connectivity index (χ1v) is 5.87. The van der Waals surface area contributed by atoms with Gasteiger partial charge in [-0.25, -0.2) is 5.06 Å². The lowest BCUT2D eigenvalue weighted by Gasteiger charge is -2.14. The van der Waals surface area contributed by atoms with Crippen LogP contribution in [0.5, 0.6) is 0 Å². The Morgan fingerprint density at radius 1 is 0.944 bits per heavy atom. The summed E-state index contributed by atoms with van der Waals surface area (Å²) in [6.07, 6.45) is 0.635. The normalized spacial score (nSPS) is 10.1. The van der Waals surface area contributed by atoms with E-state index in [0.29, 0.717) is 12.0 Å². The minimum atomic E-state index is -0.369. The maximum atomic E-state index is 11.8. The van der Waals surface area contributed by atoms with Crippen LogP contribution in [0, 0.1) is 0 Å². The third kappa shape index (κ3) is 3.18. The van der Waals surface area contributed by atoms with E-state index in [1.807, 2.05) is 36.4 Å². The average molecular weight is 241 g/mol. The Kier molecular flexibility index (Phi) is 4.10. The van der Waals surface area contributed by atoms with Crippen LogP contribution in [-0.4, -0.2) is 22.7 Å². The number of nitrogens with zero attached hydrogens (tertiary/aromatic N) is 1. The van der Waals surface area contributed by atoms with E-state index in [9.17, 15) is 10.0 Å². The fraction of sp³-hybridized carbons (Fsp3) is 0.133. The van der Waals surface area contributed by atoms with Crippen LogP contribution in [0.1, 0.15) is 15.9 Å². The van der Waals surface area contributed by atoms with Gasteiger partial charge in [-0.3, -0.25) is 10.0 Å². The Morgan fingerprint density at radius 2 is 1.50 bits per heavy atom. The molecule has 0 radical (unpaired) electrons. The molecule has 0 fully saturated rings. The Bertz CT molecular complexity index is 496. The minimum absolute atomic E-state index is 0.289. The zero-order chi connectivity index (χ0) is 12.8. The molecule has 0 aliphatic rings. The zero-order valence-corrected chi connectivity index (χ0v) is 9.99. The fourth-order valence-electron chi connectivity index (χ4n) is 1.71. The smallest absolute Gasteiger partial charge is 0.277 e. The molecule has 1 N–H and O–H groups in total. The molecule has 3 nitrogen and oxygen atoms in total. The van der Waals surface area contributed by atoms with E-state index in [0.717, 1.165) is 10.6 Å². The number of hydrogen-bond donors (Lipinski definition) is 1. The number of amides is 1. The third-order valence-electron chi connectivity index (χ3n) is 2.71. The second-order valence-corrected chi connectivity index (χ2v) is 4.03. The Hall–Kier alpha value is -2.13. The first-order chi connectivity index (χ1) is 8.77. The molecular formula is C15H15NO2. The van der Waals surface area contributed by atoms with Gasteiger partial charge in [0.25, 0.3) is 5.91 Å². The molecule has 2 rings (SSSR count). The van der Waals surface area contributed by atoms with Crippen molar-refractivity contribution in [1.82, 2.24) is 5.06 Å². The summed E-state index contributed by atoms with van der Waals surface area (Å²) in [6, 6.07) is 18.5. The van der Waals surface area contributed by atoms with Crippen molar-refractivity contribution in [3.8, 4) is 0 Å². The molecule has 0 aromatic heterocycles. The van der Waals surface area contributed by atoms with Gasteiger partial charge in [-0.2, -0.15) is 0 Å². The molecule has 0 heterocycles. The van der Waals surface area contributed by atoms with E-state index < -0.39 is 0 Å². The topological polar surface area (TPSA) is 40.5 Å². The van der Waals surface area contributed by atoms with Crippen LogP contribution < -0.4 is 0 Å². The van der Waals surface area contributed by atoms with E-state index in [-0.39, 0.29) is 12.5 Å². The highest BCUT2D eigenvalue weighted by Gasteiger charge is 2.12. The first kappa shape index (κ1) is 12.3. The number of hydroxylamine groups is 2. The van der Waals surface area contributed by atoms with Gasteiger partial charge in [-0.1, -0.05) is 48.5 Å². The van der Waals surface area contributed by atoms with Crippen molar-refractivity contribution < 1.29 is 10.0 Å². The first-order valence-electron chi connectivity index (χ1n) is 5.87. The van der Waals surface area contributed by atoms with Crippen molar-refractivity contribution in [3.05, 3.63) is 71.8 Å². The maximum Gasteiger partial charge on any atom is 0.277 e. The van der Waals surface area contributed by atoms with Crippen molar-refractivity contribution in [3.63, 3.8) is 0 Å². The van der Waals surface area contributed by atoms with Crippen LogP contribution in [0.25, 0.3) is 0 Å². The molecule has 0 unspecified atom stereocenters. The van der Waals surface area contributed by atoms with Crippen LogP contribution in [0.2, 0.25) is 0 Å². The third-order valence-corrected chi connectivity index (χ3v) is 2.71. The summed E-state index contributed by atoms with van der Waals surface area (Å²) < 4.78 is 0. The largest absolute Gasteiger partial charge is 0.286 e. The molecule has 2 aromatic carbocycles. The number of benzene rings is 2. The number of hydrogen-bond acceptors (Lipinski definition) is 2. The molecule has 0 bridgehead atoms. The van der Waals surface area contributed by atoms with Crippen molar-refractivity contribution in [2.75, 3.05) is 6.54 Å². The van der Waals surface area contributed by atoms with Crippen molar-refractivity contribution >= 4 is 5.91 Å². The molecule has 0 aliphatic heterocycles. The molecule has 1 amide bonds. The summed E-state index contributed by atoms with van der Waals surface area (Å²) in [5.41, 5.74) is 1.59. The van der Waals surface area contributed by atoms with E-state index in [1.54, 1.807) is 24.3 Å². The maximum absolute atomic E-state index is 11.8. The molecule has 0 saturated carbocycles. The quantitative estimate of drug-likeness (QED) is 0.660. The standard InChI is InChI=1S/C15H15NO2/c17-15(14-9-5-2-6-10-14)16(18)12-11-13-7-3-1-4-8-13/h1-10,18H,11-12H2. The molecule has 92 valence electrons. The molecule has 3 heteroatoms. The monoisotopic (exact) mass is 241 g/mol. The van der Waals surface area contributed by atoms with Gasteiger partial charge in [0, 0.05) is 5.56 Å². The highest BCUT2D eigenvalue weighted by Crippen LogP contribution is 2.05. The molecular weight excluding hydrogens is 226 g/mol. The molecule has 0 saturated heterocycles. The Balaban J connectivity index is 1.93. The van der Waals surface area contributed by atoms with Gasteiger partial charge < -0.3 is 0 Å². The lowest BCUT2D eigenvalue weighted by molar-refractivity contribution is -0.0571. The summed E-state index contributed by atoms with van der Waals surface area (Å²) in [6.45, 7) is 0.289. The fourth-order valence-corrected chi connectivity index (χ4v) is 1.71. The number of rotatable bonds is 4. The summed E-state index contributed by atoms with van der Waals surface area (Å²) in [5.74, 6) is -0.369. The predicted octanol–water partition coefficient (Wildman–Crippen LogP) is 2.76. The van der Waals surface area contributed by atoms with Crippen LogP contribution in [0.4, 0.5) is 0 Å². The van der Waals surface area contributed by atoms with E-state index in [2.05, 4.69) is 0 Å². The van der Waals surface area contributed by atoms with Gasteiger partial charge in [0.05, 0.1) is 6.54 Å². The van der Waals surface area contributed by atoms with Crippen LogP contribution >= 0.6 is 0 Å². The van der Waals surface area contributed by atoms with Gasteiger partial charge in [-0.15, -0.1) is 0 Å². The Labute approximate surface area is 106 Å². The van der Waals surface area contributed by atoms with Gasteiger partial charge in [0.1, 0.15) is 0 Å². The summed E-state index contributed by atoms with van der Waals surface area (Å²) in [5, 5.41) is 10.5. The second-order valence-electron chi connectivity index (χ2n) is 4.03. The lowest BCUT2D eigenvalue weighted by Crippen LogP contribution is -2.29. The molecule has 0 aliphatic carbocycles. The van der Waals surface area contributed by atoms with Gasteiger partial charge >= 0.3 is 0 Å². The lowest BCUT2D eigenvalue weighted by atomic mass is 10.1. The Morgan fingerprint density at radius 3 is 2.11 bits per heavy atom. The van der Waals surface area contributed by atoms with Gasteiger partial charge in [-0.05, 0) is 24.1 Å². The predicted molar refractivity (Wildman–Crippen MR) is 69.4 cm³/mol. The number of carbonyl (C=O) groups excluding carboxylic acids is 1. The zero-order valence-electron chi connectivity index (χ0n) is 9.99. The van der Waals surface area contributed by atoms with Crippen molar-refractivity contribution in [2.24, 2.45) is 0 Å².